The fourth-order valence-electron chi connectivity index (χ4n) is 5.52. The lowest BCUT2D eigenvalue weighted by atomic mass is 9.82. The van der Waals surface area contributed by atoms with Gasteiger partial charge in [-0.25, -0.2) is 15.2 Å². The van der Waals surface area contributed by atoms with Crippen LogP contribution in [0.25, 0.3) is 0 Å². The van der Waals surface area contributed by atoms with E-state index in [2.05, 4.69) is 10.9 Å². The van der Waals surface area contributed by atoms with E-state index < -0.39 is 18.1 Å². The van der Waals surface area contributed by atoms with Crippen LogP contribution in [0, 0.1) is 18.7 Å². The number of nitrogens with one attached hydrogen (secondary N) is 2. The molecule has 3 aromatic rings. The smallest absolute Gasteiger partial charge is 0.242 e. The maximum absolute atomic E-state index is 15.2. The minimum Gasteiger partial charge on any atom is -0.508 e. The largest absolute Gasteiger partial charge is 0.508 e. The van der Waals surface area contributed by atoms with Crippen LogP contribution in [0.15, 0.2) is 54.6 Å². The Morgan fingerprint density at radius 1 is 1.00 bits per heavy atom. The van der Waals surface area contributed by atoms with Crippen LogP contribution in [0.1, 0.15) is 34.3 Å². The first-order valence-corrected chi connectivity index (χ1v) is 12.5. The van der Waals surface area contributed by atoms with Gasteiger partial charge in [-0.1, -0.05) is 35.9 Å². The standard InChI is InChI=1S/C28H29ClFN3O4/c1-15-12-21(34)18(14-19(15)29)25-24-26(32-31-25)28(35)33(27(24)17-6-4-5-7-20(17)30)11-10-16-8-9-22(36-2)23(13-16)37-3/h4-9,12-14,24-27,31-32,34H,10-11H2,1-3H3. The van der Waals surface area contributed by atoms with Gasteiger partial charge in [0.25, 0.3) is 0 Å². The Labute approximate surface area is 220 Å². The summed E-state index contributed by atoms with van der Waals surface area (Å²) < 4.78 is 25.9. The van der Waals surface area contributed by atoms with Crippen molar-refractivity contribution in [1.29, 1.82) is 0 Å². The average Bonchev–Trinajstić information content (AvgIpc) is 3.43. The highest BCUT2D eigenvalue weighted by atomic mass is 35.5. The van der Waals surface area contributed by atoms with E-state index in [1.54, 1.807) is 49.5 Å². The fourth-order valence-corrected chi connectivity index (χ4v) is 5.69. The summed E-state index contributed by atoms with van der Waals surface area (Å²) in [5.74, 6) is 0.398. The summed E-state index contributed by atoms with van der Waals surface area (Å²) in [6.07, 6.45) is 0.538. The number of fused-ring (bicyclic) bond motifs is 1. The zero-order chi connectivity index (χ0) is 26.3. The fraction of sp³-hybridized carbons (Fsp3) is 0.321. The molecule has 2 aliphatic heterocycles. The van der Waals surface area contributed by atoms with Gasteiger partial charge in [0, 0.05) is 28.6 Å². The number of methoxy groups -OCH3 is 2. The maximum Gasteiger partial charge on any atom is 0.242 e. The summed E-state index contributed by atoms with van der Waals surface area (Å²) in [6.45, 7) is 2.18. The summed E-state index contributed by atoms with van der Waals surface area (Å²) in [6, 6.07) is 13.9. The summed E-state index contributed by atoms with van der Waals surface area (Å²) in [4.78, 5) is 15.4. The van der Waals surface area contributed by atoms with Crippen LogP contribution in [0.4, 0.5) is 4.39 Å². The molecule has 3 aromatic carbocycles. The molecule has 0 aliphatic carbocycles. The third kappa shape index (κ3) is 4.50. The van der Waals surface area contributed by atoms with Crippen molar-refractivity contribution in [3.63, 3.8) is 0 Å². The van der Waals surface area contributed by atoms with Crippen LogP contribution >= 0.6 is 11.6 Å². The molecule has 1 amide bonds. The molecule has 4 atom stereocenters. The quantitative estimate of drug-likeness (QED) is 0.422. The highest BCUT2D eigenvalue weighted by Crippen LogP contribution is 2.49. The molecular formula is C28H29ClFN3O4. The van der Waals surface area contributed by atoms with E-state index in [1.165, 1.54) is 6.07 Å². The molecule has 2 saturated heterocycles. The number of aryl methyl sites for hydroxylation is 1. The first-order chi connectivity index (χ1) is 17.8. The second-order valence-corrected chi connectivity index (χ2v) is 9.83. The number of nitrogens with zero attached hydrogens (tertiary/aromatic N) is 1. The first kappa shape index (κ1) is 25.3. The molecule has 5 rings (SSSR count). The summed E-state index contributed by atoms with van der Waals surface area (Å²) in [7, 11) is 3.15. The predicted octanol–water partition coefficient (Wildman–Crippen LogP) is 4.47. The number of amides is 1. The highest BCUT2D eigenvalue weighted by Gasteiger charge is 2.56. The molecular weight excluding hydrogens is 497 g/mol. The summed E-state index contributed by atoms with van der Waals surface area (Å²) >= 11 is 6.39. The van der Waals surface area contributed by atoms with E-state index in [-0.39, 0.29) is 23.4 Å². The van der Waals surface area contributed by atoms with Gasteiger partial charge >= 0.3 is 0 Å². The molecule has 4 unspecified atom stereocenters. The van der Waals surface area contributed by atoms with Gasteiger partial charge in [-0.2, -0.15) is 0 Å². The van der Waals surface area contributed by atoms with Crippen molar-refractivity contribution >= 4 is 17.5 Å². The Bertz CT molecular complexity index is 1340. The minimum absolute atomic E-state index is 0.0744. The summed E-state index contributed by atoms with van der Waals surface area (Å²) in [5.41, 5.74) is 8.97. The molecule has 9 heteroatoms. The van der Waals surface area contributed by atoms with Crippen LogP contribution in [0.5, 0.6) is 17.2 Å². The third-order valence-corrected chi connectivity index (χ3v) is 7.78. The van der Waals surface area contributed by atoms with Crippen LogP contribution < -0.4 is 20.3 Å². The zero-order valence-electron chi connectivity index (χ0n) is 20.8. The van der Waals surface area contributed by atoms with Gasteiger partial charge in [0.05, 0.1) is 26.3 Å². The van der Waals surface area contributed by atoms with Crippen molar-refractivity contribution in [3.05, 3.63) is 87.7 Å². The van der Waals surface area contributed by atoms with E-state index in [0.717, 1.165) is 11.1 Å². The van der Waals surface area contributed by atoms with Gasteiger partial charge in [0.1, 0.15) is 17.6 Å². The molecule has 2 fully saturated rings. The average molecular weight is 526 g/mol. The number of benzene rings is 3. The lowest BCUT2D eigenvalue weighted by Crippen LogP contribution is -2.42. The van der Waals surface area contributed by atoms with E-state index in [1.807, 2.05) is 25.1 Å². The van der Waals surface area contributed by atoms with E-state index in [0.29, 0.717) is 40.6 Å². The number of hydrazine groups is 1. The van der Waals surface area contributed by atoms with Crippen LogP contribution in [-0.2, 0) is 11.2 Å². The number of aromatic hydroxyl groups is 1. The third-order valence-electron chi connectivity index (χ3n) is 7.37. The molecule has 194 valence electrons. The lowest BCUT2D eigenvalue weighted by molar-refractivity contribution is -0.130. The van der Waals surface area contributed by atoms with Crippen molar-refractivity contribution < 1.29 is 23.8 Å². The van der Waals surface area contributed by atoms with Crippen LogP contribution in [0.3, 0.4) is 0 Å². The molecule has 37 heavy (non-hydrogen) atoms. The topological polar surface area (TPSA) is 83.1 Å². The predicted molar refractivity (Wildman–Crippen MR) is 138 cm³/mol. The Balaban J connectivity index is 1.51. The monoisotopic (exact) mass is 525 g/mol. The van der Waals surface area contributed by atoms with Crippen LogP contribution in [-0.4, -0.2) is 42.7 Å². The molecule has 2 heterocycles. The van der Waals surface area contributed by atoms with Gasteiger partial charge < -0.3 is 19.5 Å². The number of carbonyl (C=O) groups is 1. The molecule has 3 N–H and O–H groups in total. The number of rotatable bonds is 7. The molecule has 0 saturated carbocycles. The number of ether oxygens (including phenoxy) is 2. The van der Waals surface area contributed by atoms with E-state index >= 15 is 4.39 Å². The molecule has 0 aromatic heterocycles. The van der Waals surface area contributed by atoms with E-state index in [9.17, 15) is 9.90 Å². The molecule has 0 spiro atoms. The van der Waals surface area contributed by atoms with Gasteiger partial charge in [-0.05, 0) is 54.8 Å². The number of hydrogen-bond acceptors (Lipinski definition) is 6. The van der Waals surface area contributed by atoms with Crippen LogP contribution in [0.2, 0.25) is 5.02 Å². The van der Waals surface area contributed by atoms with Gasteiger partial charge in [-0.3, -0.25) is 4.79 Å². The Morgan fingerprint density at radius 2 is 1.73 bits per heavy atom. The van der Waals surface area contributed by atoms with Crippen molar-refractivity contribution in [1.82, 2.24) is 15.8 Å². The Morgan fingerprint density at radius 3 is 2.46 bits per heavy atom. The van der Waals surface area contributed by atoms with E-state index in [4.69, 9.17) is 21.1 Å². The number of phenolic OH excluding ortho intramolecular Hbond substituents is 1. The normalized spacial score (nSPS) is 22.8. The number of phenols is 1. The van der Waals surface area contributed by atoms with Crippen molar-refractivity contribution in [2.45, 2.75) is 31.5 Å². The number of carbonyl (C=O) groups excluding carboxylic acids is 1. The lowest BCUT2D eigenvalue weighted by Gasteiger charge is -2.32. The Hall–Kier alpha value is -3.33. The SMILES string of the molecule is COc1ccc(CCN2C(=O)C3NNC(c4cc(Cl)c(C)cc4O)C3C2c2ccccc2F)cc1OC. The van der Waals surface area contributed by atoms with Crippen molar-refractivity contribution in [2.75, 3.05) is 20.8 Å². The molecule has 0 bridgehead atoms. The first-order valence-electron chi connectivity index (χ1n) is 12.1. The summed E-state index contributed by atoms with van der Waals surface area (Å²) in [5, 5.41) is 11.3. The molecule has 0 radical (unpaired) electrons. The zero-order valence-corrected chi connectivity index (χ0v) is 21.6. The number of halogens is 2. The number of hydrogen-bond donors (Lipinski definition) is 3. The Kier molecular flexibility index (Phi) is 6.98. The second-order valence-electron chi connectivity index (χ2n) is 9.42. The van der Waals surface area contributed by atoms with Crippen molar-refractivity contribution in [2.24, 2.45) is 5.92 Å². The molecule has 2 aliphatic rings. The van der Waals surface area contributed by atoms with Gasteiger partial charge in [0.15, 0.2) is 11.5 Å². The molecule has 7 nitrogen and oxygen atoms in total. The second kappa shape index (κ2) is 10.2. The minimum atomic E-state index is -0.598. The van der Waals surface area contributed by atoms with Crippen molar-refractivity contribution in [3.8, 4) is 17.2 Å². The van der Waals surface area contributed by atoms with Gasteiger partial charge in [0.2, 0.25) is 5.91 Å². The number of likely N-dealkylation sites (tertiary alicyclic amines) is 1. The highest BCUT2D eigenvalue weighted by molar-refractivity contribution is 6.31. The maximum atomic E-state index is 15.2. The van der Waals surface area contributed by atoms with Gasteiger partial charge in [-0.15, -0.1) is 0 Å².